The third-order valence-corrected chi connectivity index (χ3v) is 3.63. The number of halogens is 1. The largest absolute Gasteiger partial charge is 0.475 e. The number of hydrogen-bond donors (Lipinski definition) is 2. The first kappa shape index (κ1) is 19.9. The number of carbonyl (C=O) groups excluding carboxylic acids is 1. The Balaban J connectivity index is 2.13. The third kappa shape index (κ3) is 5.82. The molecule has 2 aromatic rings. The first-order chi connectivity index (χ1) is 12.2. The van der Waals surface area contributed by atoms with Crippen molar-refractivity contribution in [1.29, 1.82) is 0 Å². The average Bonchev–Trinajstić information content (AvgIpc) is 2.52. The van der Waals surface area contributed by atoms with Crippen molar-refractivity contribution in [2.75, 3.05) is 6.61 Å². The molecule has 26 heavy (non-hydrogen) atoms. The number of aromatic nitrogens is 3. The predicted octanol–water partition coefficient (Wildman–Crippen LogP) is 2.79. The fraction of sp³-hybridized carbons (Fsp3) is 0.412. The number of primary amides is 1. The normalized spacial score (nSPS) is 13.3. The zero-order valence-corrected chi connectivity index (χ0v) is 15.7. The van der Waals surface area contributed by atoms with Crippen molar-refractivity contribution in [3.05, 3.63) is 29.7 Å². The van der Waals surface area contributed by atoms with E-state index in [0.29, 0.717) is 34.7 Å². The first-order valence-electron chi connectivity index (χ1n) is 8.03. The molecular formula is C17H22ClN5O3. The van der Waals surface area contributed by atoms with Gasteiger partial charge < -0.3 is 20.9 Å². The molecule has 0 aromatic carbocycles. The number of amides is 1. The molecule has 0 aliphatic rings. The zero-order chi connectivity index (χ0) is 19.3. The second-order valence-electron chi connectivity index (χ2n) is 6.71. The van der Waals surface area contributed by atoms with Gasteiger partial charge in [-0.05, 0) is 25.3 Å². The maximum Gasteiger partial charge on any atom is 0.411 e. The van der Waals surface area contributed by atoms with Crippen LogP contribution in [0, 0.1) is 5.92 Å². The van der Waals surface area contributed by atoms with Gasteiger partial charge in [0.05, 0.1) is 5.69 Å². The Bertz CT molecular complexity index is 783. The van der Waals surface area contributed by atoms with Crippen LogP contribution < -0.4 is 20.9 Å². The molecule has 0 fully saturated rings. The Morgan fingerprint density at radius 3 is 2.65 bits per heavy atom. The van der Waals surface area contributed by atoms with Crippen LogP contribution in [0.1, 0.15) is 27.2 Å². The zero-order valence-electron chi connectivity index (χ0n) is 14.9. The van der Waals surface area contributed by atoms with E-state index in [2.05, 4.69) is 28.8 Å². The van der Waals surface area contributed by atoms with Crippen LogP contribution >= 0.6 is 11.6 Å². The molecule has 0 bridgehead atoms. The van der Waals surface area contributed by atoms with Gasteiger partial charge in [0.25, 0.3) is 0 Å². The van der Waals surface area contributed by atoms with Gasteiger partial charge in [-0.25, -0.2) is 19.7 Å². The molecule has 4 N–H and O–H groups in total. The standard InChI is InChI=1S/C17H22ClN5O3/c1-10(2)6-17(3,20)8-25-15-12(18)4-11(7-21-15)13-5-14(23-9-22-13)26-16(19)24/h4-5,7,9-10H,6,8,20H2,1-3H3,(H2,19,24). The van der Waals surface area contributed by atoms with Gasteiger partial charge in [-0.15, -0.1) is 0 Å². The van der Waals surface area contributed by atoms with E-state index in [0.717, 1.165) is 6.42 Å². The van der Waals surface area contributed by atoms with Crippen molar-refractivity contribution in [3.63, 3.8) is 0 Å². The SMILES string of the molecule is CC(C)CC(C)(N)COc1ncc(-c2cc(OC(N)=O)ncn2)cc1Cl. The van der Waals surface area contributed by atoms with Gasteiger partial charge in [-0.2, -0.15) is 0 Å². The van der Waals surface area contributed by atoms with Crippen LogP contribution in [0.25, 0.3) is 11.3 Å². The summed E-state index contributed by atoms with van der Waals surface area (Å²) in [5.74, 6) is 0.777. The summed E-state index contributed by atoms with van der Waals surface area (Å²) in [6, 6.07) is 3.11. The van der Waals surface area contributed by atoms with Gasteiger partial charge in [-0.1, -0.05) is 25.4 Å². The highest BCUT2D eigenvalue weighted by Crippen LogP contribution is 2.28. The Kier molecular flexibility index (Phi) is 6.33. The van der Waals surface area contributed by atoms with Crippen molar-refractivity contribution in [1.82, 2.24) is 15.0 Å². The van der Waals surface area contributed by atoms with Crippen LogP contribution in [0.5, 0.6) is 11.8 Å². The quantitative estimate of drug-likeness (QED) is 0.757. The van der Waals surface area contributed by atoms with E-state index < -0.39 is 11.6 Å². The second kappa shape index (κ2) is 8.29. The van der Waals surface area contributed by atoms with Crippen LogP contribution in [-0.2, 0) is 0 Å². The minimum absolute atomic E-state index is 0.0338. The van der Waals surface area contributed by atoms with Crippen molar-refractivity contribution < 1.29 is 14.3 Å². The van der Waals surface area contributed by atoms with Gasteiger partial charge in [0.1, 0.15) is 18.0 Å². The van der Waals surface area contributed by atoms with Crippen LogP contribution in [-0.4, -0.2) is 33.2 Å². The maximum absolute atomic E-state index is 10.8. The molecule has 0 saturated heterocycles. The first-order valence-corrected chi connectivity index (χ1v) is 8.41. The smallest absolute Gasteiger partial charge is 0.411 e. The highest BCUT2D eigenvalue weighted by molar-refractivity contribution is 6.32. The molecule has 1 amide bonds. The van der Waals surface area contributed by atoms with E-state index in [1.165, 1.54) is 12.4 Å². The molecule has 0 radical (unpaired) electrons. The third-order valence-electron chi connectivity index (χ3n) is 3.36. The van der Waals surface area contributed by atoms with Crippen LogP contribution in [0.4, 0.5) is 4.79 Å². The molecule has 0 saturated carbocycles. The summed E-state index contributed by atoms with van der Waals surface area (Å²) in [4.78, 5) is 22.9. The van der Waals surface area contributed by atoms with Gasteiger partial charge in [-0.3, -0.25) is 0 Å². The molecule has 0 aliphatic carbocycles. The van der Waals surface area contributed by atoms with E-state index in [1.807, 2.05) is 6.92 Å². The summed E-state index contributed by atoms with van der Waals surface area (Å²) in [7, 11) is 0. The number of nitrogens with zero attached hydrogens (tertiary/aromatic N) is 3. The Morgan fingerprint density at radius 1 is 1.31 bits per heavy atom. The number of hydrogen-bond acceptors (Lipinski definition) is 7. The van der Waals surface area contributed by atoms with E-state index in [1.54, 1.807) is 12.3 Å². The molecule has 2 aromatic heterocycles. The van der Waals surface area contributed by atoms with Gasteiger partial charge in [0, 0.05) is 23.4 Å². The van der Waals surface area contributed by atoms with E-state index in [9.17, 15) is 4.79 Å². The average molecular weight is 380 g/mol. The fourth-order valence-electron chi connectivity index (χ4n) is 2.55. The Hall–Kier alpha value is -2.45. The number of carbonyl (C=O) groups is 1. The van der Waals surface area contributed by atoms with E-state index in [-0.39, 0.29) is 5.88 Å². The topological polar surface area (TPSA) is 126 Å². The lowest BCUT2D eigenvalue weighted by Gasteiger charge is -2.26. The molecule has 2 heterocycles. The van der Waals surface area contributed by atoms with Crippen molar-refractivity contribution >= 4 is 17.7 Å². The van der Waals surface area contributed by atoms with Gasteiger partial charge in [0.2, 0.25) is 11.8 Å². The highest BCUT2D eigenvalue weighted by atomic mass is 35.5. The molecule has 1 atom stereocenters. The molecule has 1 unspecified atom stereocenters. The van der Waals surface area contributed by atoms with Crippen LogP contribution in [0.2, 0.25) is 5.02 Å². The summed E-state index contributed by atoms with van der Waals surface area (Å²) < 4.78 is 10.4. The van der Waals surface area contributed by atoms with E-state index >= 15 is 0 Å². The summed E-state index contributed by atoms with van der Waals surface area (Å²) in [6.07, 6.45) is 2.65. The molecule has 2 rings (SSSR count). The lowest BCUT2D eigenvalue weighted by molar-refractivity contribution is 0.201. The Morgan fingerprint density at radius 2 is 2.04 bits per heavy atom. The summed E-state index contributed by atoms with van der Waals surface area (Å²) in [5, 5.41) is 0.318. The fourth-order valence-corrected chi connectivity index (χ4v) is 2.77. The minimum Gasteiger partial charge on any atom is -0.475 e. The summed E-state index contributed by atoms with van der Waals surface area (Å²) in [6.45, 7) is 6.42. The monoisotopic (exact) mass is 379 g/mol. The van der Waals surface area contributed by atoms with Crippen molar-refractivity contribution in [3.8, 4) is 23.0 Å². The number of ether oxygens (including phenoxy) is 2. The predicted molar refractivity (Wildman–Crippen MR) is 98.0 cm³/mol. The Labute approximate surface area is 156 Å². The molecule has 0 spiro atoms. The van der Waals surface area contributed by atoms with Crippen molar-refractivity contribution in [2.24, 2.45) is 17.4 Å². The lowest BCUT2D eigenvalue weighted by Crippen LogP contribution is -2.43. The molecular weight excluding hydrogens is 358 g/mol. The number of rotatable bonds is 7. The van der Waals surface area contributed by atoms with Gasteiger partial charge >= 0.3 is 6.09 Å². The minimum atomic E-state index is -0.958. The second-order valence-corrected chi connectivity index (χ2v) is 7.12. The van der Waals surface area contributed by atoms with E-state index in [4.69, 9.17) is 32.5 Å². The molecule has 140 valence electrons. The summed E-state index contributed by atoms with van der Waals surface area (Å²) in [5.41, 5.74) is 11.8. The van der Waals surface area contributed by atoms with Crippen molar-refractivity contribution in [2.45, 2.75) is 32.7 Å². The van der Waals surface area contributed by atoms with Crippen LogP contribution in [0.15, 0.2) is 24.7 Å². The van der Waals surface area contributed by atoms with Gasteiger partial charge in [0.15, 0.2) is 0 Å². The molecule has 9 heteroatoms. The number of nitrogens with two attached hydrogens (primary N) is 2. The molecule has 0 aliphatic heterocycles. The lowest BCUT2D eigenvalue weighted by atomic mass is 9.93. The summed E-state index contributed by atoms with van der Waals surface area (Å²) >= 11 is 6.26. The highest BCUT2D eigenvalue weighted by Gasteiger charge is 2.22. The maximum atomic E-state index is 10.8. The molecule has 8 nitrogen and oxygen atoms in total. The number of pyridine rings is 1. The van der Waals surface area contributed by atoms with Crippen LogP contribution in [0.3, 0.4) is 0 Å².